The summed E-state index contributed by atoms with van der Waals surface area (Å²) in [7, 11) is 0. The normalized spacial score (nSPS) is 25.5. The highest BCUT2D eigenvalue weighted by Crippen LogP contribution is 2.44. The van der Waals surface area contributed by atoms with Crippen LogP contribution in [0.5, 0.6) is 0 Å². The third kappa shape index (κ3) is 5.01. The number of nitriles is 1. The molecule has 0 radical (unpaired) electrons. The highest BCUT2D eigenvalue weighted by Gasteiger charge is 2.55. The van der Waals surface area contributed by atoms with Crippen LogP contribution in [-0.2, 0) is 15.7 Å². The monoisotopic (exact) mass is 643 g/mol. The Kier molecular flexibility index (Phi) is 7.35. The maximum absolute atomic E-state index is 14.6. The zero-order valence-electron chi connectivity index (χ0n) is 21.1. The van der Waals surface area contributed by atoms with Crippen molar-refractivity contribution in [2.45, 2.75) is 42.7 Å². The van der Waals surface area contributed by atoms with Crippen molar-refractivity contribution in [1.82, 2.24) is 29.5 Å². The molecule has 0 saturated carbocycles. The Bertz CT molecular complexity index is 1760. The van der Waals surface area contributed by atoms with Gasteiger partial charge in [0, 0.05) is 23.5 Å². The first-order chi connectivity index (χ1) is 20.4. The first-order valence-corrected chi connectivity index (χ1v) is 13.1. The van der Waals surface area contributed by atoms with Crippen molar-refractivity contribution in [1.29, 1.82) is 5.26 Å². The lowest BCUT2D eigenvalue weighted by Crippen LogP contribution is -2.52. The Morgan fingerprint density at radius 2 is 1.86 bits per heavy atom. The van der Waals surface area contributed by atoms with Crippen LogP contribution in [0.1, 0.15) is 29.5 Å². The Hall–Kier alpha value is -3.72. The lowest BCUT2D eigenvalue weighted by molar-refractivity contribution is -0.196. The molecular formula is C25H16Cl2F5N7O4. The maximum Gasteiger partial charge on any atom is 0.435 e. The predicted molar refractivity (Wildman–Crippen MR) is 135 cm³/mol. The molecule has 0 bridgehead atoms. The number of rotatable bonds is 4. The van der Waals surface area contributed by atoms with Crippen molar-refractivity contribution in [3.63, 3.8) is 0 Å². The van der Waals surface area contributed by atoms with Crippen molar-refractivity contribution in [2.75, 3.05) is 6.61 Å². The van der Waals surface area contributed by atoms with E-state index >= 15 is 0 Å². The summed E-state index contributed by atoms with van der Waals surface area (Å²) in [5, 5.41) is 39.1. The van der Waals surface area contributed by atoms with Gasteiger partial charge in [-0.25, -0.2) is 18.4 Å². The largest absolute Gasteiger partial charge is 0.435 e. The van der Waals surface area contributed by atoms with E-state index in [4.69, 9.17) is 32.7 Å². The van der Waals surface area contributed by atoms with E-state index in [9.17, 15) is 37.4 Å². The van der Waals surface area contributed by atoms with E-state index in [1.165, 1.54) is 23.1 Å². The fraction of sp³-hybridized carbons (Fsp3) is 0.320. The molecule has 5 heterocycles. The van der Waals surface area contributed by atoms with E-state index < -0.39 is 82.4 Å². The number of aromatic nitrogens is 6. The topological polar surface area (TPSA) is 144 Å². The molecule has 3 unspecified atom stereocenters. The van der Waals surface area contributed by atoms with Crippen LogP contribution in [-0.4, -0.2) is 70.8 Å². The molecule has 18 heteroatoms. The van der Waals surface area contributed by atoms with E-state index in [2.05, 4.69) is 20.2 Å². The number of fused-ring (bicyclic) bond motifs is 1. The highest BCUT2D eigenvalue weighted by atomic mass is 35.5. The number of nitrogens with zero attached hydrogens (tertiary/aromatic N) is 7. The lowest BCUT2D eigenvalue weighted by atomic mass is 9.91. The van der Waals surface area contributed by atoms with Crippen molar-refractivity contribution < 1.29 is 41.6 Å². The van der Waals surface area contributed by atoms with Crippen molar-refractivity contribution in [3.05, 3.63) is 75.8 Å². The fourth-order valence-corrected chi connectivity index (χ4v) is 5.45. The molecule has 6 atom stereocenters. The van der Waals surface area contributed by atoms with Crippen LogP contribution in [0.4, 0.5) is 22.0 Å². The van der Waals surface area contributed by atoms with Gasteiger partial charge in [0.05, 0.1) is 28.5 Å². The number of aliphatic hydroxyl groups is 2. The molecule has 0 aliphatic carbocycles. The molecule has 2 aliphatic rings. The van der Waals surface area contributed by atoms with Crippen molar-refractivity contribution >= 4 is 23.2 Å². The third-order valence-corrected chi connectivity index (χ3v) is 7.53. The number of aliphatic hydroxyl groups excluding tert-OH is 2. The average molecular weight is 644 g/mol. The van der Waals surface area contributed by atoms with Crippen LogP contribution < -0.4 is 0 Å². The summed E-state index contributed by atoms with van der Waals surface area (Å²) in [6.45, 7) is -0.233. The lowest BCUT2D eigenvalue weighted by Gasteiger charge is -2.41. The predicted octanol–water partition coefficient (Wildman–Crippen LogP) is 3.80. The zero-order valence-corrected chi connectivity index (χ0v) is 22.6. The number of hydrogen-bond donors (Lipinski definition) is 2. The molecule has 0 amide bonds. The Morgan fingerprint density at radius 3 is 2.58 bits per heavy atom. The number of halogens is 7. The molecule has 3 aromatic heterocycles. The first kappa shape index (κ1) is 29.4. The third-order valence-electron chi connectivity index (χ3n) is 7.03. The summed E-state index contributed by atoms with van der Waals surface area (Å²) >= 11 is 11.6. The maximum atomic E-state index is 14.6. The summed E-state index contributed by atoms with van der Waals surface area (Å²) in [6, 6.07) is 3.71. The van der Waals surface area contributed by atoms with E-state index in [1.54, 1.807) is 6.07 Å². The smallest absolute Gasteiger partial charge is 0.388 e. The van der Waals surface area contributed by atoms with Crippen LogP contribution in [0, 0.1) is 23.0 Å². The standard InChI is InChI=1S/C25H16Cl2F5N7O4/c26-10-3-13(23(34-6-10)25(30,31)32)39-24(36-15(4-33)37-39)22-19(41)18(21-20(43-22)14(40)8-42-21)38-7-9(5-35-38)11-1-2-12(27)17(29)16(11)28/h1-3,5-7,14,18-22,40-41H,8H2/t14?,18?,19-,20?,21+,22+/m0/s1. The minimum absolute atomic E-state index is 0.0909. The summed E-state index contributed by atoms with van der Waals surface area (Å²) in [6.07, 6.45) is -8.51. The molecular weight excluding hydrogens is 628 g/mol. The second-order valence-electron chi connectivity index (χ2n) is 9.64. The molecule has 2 N–H and O–H groups in total. The number of benzene rings is 1. The van der Waals surface area contributed by atoms with Crippen LogP contribution >= 0.6 is 23.2 Å². The summed E-state index contributed by atoms with van der Waals surface area (Å²) in [5.74, 6) is -3.53. The van der Waals surface area contributed by atoms with E-state index in [-0.39, 0.29) is 22.8 Å². The van der Waals surface area contributed by atoms with E-state index in [0.29, 0.717) is 4.68 Å². The summed E-state index contributed by atoms with van der Waals surface area (Å²) in [5.41, 5.74) is -2.22. The Labute approximate surface area is 247 Å². The SMILES string of the molecule is N#Cc1nc([C@@H]2OC3C(O)CO[C@@H]3C(n3cc(-c4ccc(Cl)c(F)c4F)cn3)[C@@H]2O)n(-c2cc(Cl)cnc2C(F)(F)F)n1. The van der Waals surface area contributed by atoms with Crippen LogP contribution in [0.2, 0.25) is 10.0 Å². The second-order valence-corrected chi connectivity index (χ2v) is 10.5. The van der Waals surface area contributed by atoms with Gasteiger partial charge >= 0.3 is 6.18 Å². The molecule has 2 fully saturated rings. The van der Waals surface area contributed by atoms with Crippen LogP contribution in [0.25, 0.3) is 16.8 Å². The number of hydrogen-bond acceptors (Lipinski definition) is 9. The molecule has 2 saturated heterocycles. The number of alkyl halides is 3. The first-order valence-electron chi connectivity index (χ1n) is 12.3. The fourth-order valence-electron chi connectivity index (χ4n) is 5.15. The molecule has 224 valence electrons. The second kappa shape index (κ2) is 10.8. The van der Waals surface area contributed by atoms with Crippen molar-refractivity contribution in [2.24, 2.45) is 0 Å². The van der Waals surface area contributed by atoms with Gasteiger partial charge in [-0.05, 0) is 18.2 Å². The van der Waals surface area contributed by atoms with Gasteiger partial charge in [0.25, 0.3) is 5.82 Å². The number of ether oxygens (including phenoxy) is 2. The highest BCUT2D eigenvalue weighted by molar-refractivity contribution is 6.31. The van der Waals surface area contributed by atoms with Gasteiger partial charge in [-0.3, -0.25) is 4.68 Å². The van der Waals surface area contributed by atoms with Gasteiger partial charge in [-0.2, -0.15) is 28.5 Å². The van der Waals surface area contributed by atoms with Gasteiger partial charge in [-0.1, -0.05) is 23.2 Å². The Balaban J connectivity index is 1.46. The van der Waals surface area contributed by atoms with Gasteiger partial charge in [0.15, 0.2) is 23.2 Å². The van der Waals surface area contributed by atoms with Crippen LogP contribution in [0.3, 0.4) is 0 Å². The molecule has 2 aliphatic heterocycles. The summed E-state index contributed by atoms with van der Waals surface area (Å²) < 4.78 is 83.9. The van der Waals surface area contributed by atoms with E-state index in [0.717, 1.165) is 18.3 Å². The van der Waals surface area contributed by atoms with Crippen LogP contribution in [0.15, 0.2) is 36.8 Å². The summed E-state index contributed by atoms with van der Waals surface area (Å²) in [4.78, 5) is 7.37. The van der Waals surface area contributed by atoms with E-state index in [1.807, 2.05) is 0 Å². The molecule has 11 nitrogen and oxygen atoms in total. The molecule has 4 aromatic rings. The minimum Gasteiger partial charge on any atom is -0.388 e. The molecule has 0 spiro atoms. The Morgan fingerprint density at radius 1 is 1.09 bits per heavy atom. The molecule has 1 aromatic carbocycles. The minimum atomic E-state index is -4.98. The van der Waals surface area contributed by atoms with Gasteiger partial charge in [0.1, 0.15) is 42.6 Å². The van der Waals surface area contributed by atoms with Gasteiger partial charge in [-0.15, -0.1) is 5.10 Å². The quantitative estimate of drug-likeness (QED) is 0.251. The molecule has 43 heavy (non-hydrogen) atoms. The van der Waals surface area contributed by atoms with Gasteiger partial charge < -0.3 is 19.7 Å². The average Bonchev–Trinajstić information content (AvgIpc) is 3.70. The van der Waals surface area contributed by atoms with Gasteiger partial charge in [0.2, 0.25) is 0 Å². The molecule has 6 rings (SSSR count). The number of pyridine rings is 1. The van der Waals surface area contributed by atoms with Crippen molar-refractivity contribution in [3.8, 4) is 22.9 Å². The zero-order chi connectivity index (χ0) is 30.8.